The molecule has 0 fully saturated rings. The number of anilines is 2. The number of carbonyl (C=O) groups is 2. The number of nitrogens with zero attached hydrogens (tertiary/aromatic N) is 2. The molecule has 3 aromatic carbocycles. The van der Waals surface area contributed by atoms with Gasteiger partial charge in [0.05, 0.1) is 26.2 Å². The van der Waals surface area contributed by atoms with Crippen molar-refractivity contribution in [2.75, 3.05) is 44.5 Å². The molecule has 0 saturated heterocycles. The zero-order valence-electron chi connectivity index (χ0n) is 24.5. The average Bonchev–Trinajstić information content (AvgIpc) is 3.01. The fourth-order valence-electron chi connectivity index (χ4n) is 4.97. The van der Waals surface area contributed by atoms with Crippen LogP contribution in [0.3, 0.4) is 0 Å². The maximum Gasteiger partial charge on any atom is 0.323 e. The summed E-state index contributed by atoms with van der Waals surface area (Å²) in [5.74, 6) is 0.809. The molecule has 0 bridgehead atoms. The Labute approximate surface area is 246 Å². The first-order valence-corrected chi connectivity index (χ1v) is 14.0. The third-order valence-corrected chi connectivity index (χ3v) is 7.38. The Morgan fingerprint density at radius 1 is 1.12 bits per heavy atom. The van der Waals surface area contributed by atoms with Gasteiger partial charge in [0.15, 0.2) is 0 Å². The normalized spacial score (nSPS) is 17.8. The molecule has 1 heterocycles. The van der Waals surface area contributed by atoms with Gasteiger partial charge >= 0.3 is 6.03 Å². The number of aliphatic hydroxyl groups excluding tert-OH is 1. The molecule has 9 nitrogen and oxygen atoms in total. The maximum atomic E-state index is 13.5. The van der Waals surface area contributed by atoms with Gasteiger partial charge in [-0.2, -0.15) is 0 Å². The molecule has 224 valence electrons. The van der Waals surface area contributed by atoms with Gasteiger partial charge in [-0.05, 0) is 74.1 Å². The maximum absolute atomic E-state index is 13.5. The van der Waals surface area contributed by atoms with Crippen molar-refractivity contribution in [3.05, 3.63) is 83.7 Å². The van der Waals surface area contributed by atoms with Crippen molar-refractivity contribution >= 4 is 23.3 Å². The van der Waals surface area contributed by atoms with Gasteiger partial charge < -0.3 is 30.1 Å². The molecule has 4 rings (SSSR count). The smallest absolute Gasteiger partial charge is 0.323 e. The molecule has 10 heteroatoms. The van der Waals surface area contributed by atoms with Crippen LogP contribution < -0.4 is 20.1 Å². The van der Waals surface area contributed by atoms with E-state index in [1.165, 1.54) is 24.3 Å². The van der Waals surface area contributed by atoms with E-state index >= 15 is 0 Å². The van der Waals surface area contributed by atoms with Crippen LogP contribution in [0.5, 0.6) is 11.5 Å². The minimum atomic E-state index is -0.501. The lowest BCUT2D eigenvalue weighted by molar-refractivity contribution is -0.134. The number of hydrogen-bond donors (Lipinski definition) is 3. The van der Waals surface area contributed by atoms with Crippen LogP contribution in [0.1, 0.15) is 25.0 Å². The van der Waals surface area contributed by atoms with Gasteiger partial charge in [0.1, 0.15) is 23.4 Å². The molecule has 0 unspecified atom stereocenters. The lowest BCUT2D eigenvalue weighted by Crippen LogP contribution is -2.47. The van der Waals surface area contributed by atoms with Crippen LogP contribution >= 0.6 is 0 Å². The molecule has 3 aromatic rings. The minimum Gasteiger partial charge on any atom is -0.497 e. The first kappa shape index (κ1) is 30.8. The summed E-state index contributed by atoms with van der Waals surface area (Å²) in [6, 6.07) is 17.7. The number of halogens is 1. The monoisotopic (exact) mass is 578 g/mol. The van der Waals surface area contributed by atoms with Gasteiger partial charge in [-0.3, -0.25) is 9.69 Å². The Bertz CT molecular complexity index is 1350. The number of aliphatic hydroxyl groups is 1. The number of ether oxygens (including phenoxy) is 2. The molecule has 42 heavy (non-hydrogen) atoms. The summed E-state index contributed by atoms with van der Waals surface area (Å²) in [7, 11) is 3.67. The fraction of sp³-hybridized carbons (Fsp3) is 0.375. The Morgan fingerprint density at radius 3 is 2.45 bits per heavy atom. The van der Waals surface area contributed by atoms with Gasteiger partial charge in [-0.1, -0.05) is 19.1 Å². The second-order valence-electron chi connectivity index (χ2n) is 10.8. The quantitative estimate of drug-likeness (QED) is 0.338. The Balaban J connectivity index is 1.54. The van der Waals surface area contributed by atoms with Crippen LogP contribution in [0.25, 0.3) is 0 Å². The lowest BCUT2D eigenvalue weighted by Gasteiger charge is -2.34. The zero-order valence-corrected chi connectivity index (χ0v) is 24.5. The van der Waals surface area contributed by atoms with E-state index in [0.717, 1.165) is 11.3 Å². The molecule has 1 aliphatic rings. The molecule has 1 aliphatic heterocycles. The fourth-order valence-corrected chi connectivity index (χ4v) is 4.97. The van der Waals surface area contributed by atoms with Gasteiger partial charge in [0, 0.05) is 42.5 Å². The van der Waals surface area contributed by atoms with E-state index in [9.17, 15) is 19.1 Å². The topological polar surface area (TPSA) is 103 Å². The van der Waals surface area contributed by atoms with Crippen molar-refractivity contribution in [1.82, 2.24) is 9.80 Å². The number of benzene rings is 3. The molecule has 0 spiro atoms. The second-order valence-corrected chi connectivity index (χ2v) is 10.8. The number of rotatable bonds is 9. The number of amides is 3. The van der Waals surface area contributed by atoms with Crippen LogP contribution in [0.2, 0.25) is 0 Å². The van der Waals surface area contributed by atoms with E-state index in [2.05, 4.69) is 22.5 Å². The van der Waals surface area contributed by atoms with Gasteiger partial charge in [0.25, 0.3) is 0 Å². The molecule has 3 atom stereocenters. The summed E-state index contributed by atoms with van der Waals surface area (Å²) < 4.78 is 25.1. The van der Waals surface area contributed by atoms with E-state index in [-0.39, 0.29) is 37.0 Å². The summed E-state index contributed by atoms with van der Waals surface area (Å²) in [6.07, 6.45) is -0.206. The number of hydrogen-bond acceptors (Lipinski definition) is 6. The standard InChI is InChI=1S/C32H39FN4O5/c1-21-17-37(22(2)20-38)31(39)16-24-15-27(35-32(40)34-26-9-7-25(33)8-10-26)11-14-29(24)42-30(21)19-36(3)18-23-5-12-28(41-4)13-6-23/h5-15,21-22,30,38H,16-20H2,1-4H3,(H2,34,35,40)/t21-,22+,30-/m0/s1. The predicted octanol–water partition coefficient (Wildman–Crippen LogP) is 4.76. The highest BCUT2D eigenvalue weighted by Crippen LogP contribution is 2.29. The molecular formula is C32H39FN4O5. The van der Waals surface area contributed by atoms with Crippen LogP contribution in [0.15, 0.2) is 66.7 Å². The number of carbonyl (C=O) groups excluding carboxylic acids is 2. The van der Waals surface area contributed by atoms with Crippen molar-refractivity contribution in [1.29, 1.82) is 0 Å². The number of fused-ring (bicyclic) bond motifs is 1. The third-order valence-electron chi connectivity index (χ3n) is 7.38. The van der Waals surface area contributed by atoms with Crippen molar-refractivity contribution < 1.29 is 28.6 Å². The van der Waals surface area contributed by atoms with Crippen LogP contribution in [-0.2, 0) is 17.8 Å². The summed E-state index contributed by atoms with van der Waals surface area (Å²) in [4.78, 5) is 29.9. The summed E-state index contributed by atoms with van der Waals surface area (Å²) in [5, 5.41) is 15.3. The molecule has 0 aliphatic carbocycles. The Morgan fingerprint density at radius 2 is 1.79 bits per heavy atom. The first-order chi connectivity index (χ1) is 20.1. The highest BCUT2D eigenvalue weighted by Gasteiger charge is 2.31. The predicted molar refractivity (Wildman–Crippen MR) is 160 cm³/mol. The summed E-state index contributed by atoms with van der Waals surface area (Å²) in [6.45, 7) is 5.46. The van der Waals surface area contributed by atoms with Crippen molar-refractivity contribution in [2.24, 2.45) is 5.92 Å². The largest absolute Gasteiger partial charge is 0.497 e. The molecular weight excluding hydrogens is 539 g/mol. The number of nitrogens with one attached hydrogen (secondary N) is 2. The van der Waals surface area contributed by atoms with Crippen molar-refractivity contribution in [2.45, 2.75) is 39.0 Å². The van der Waals surface area contributed by atoms with E-state index in [1.54, 1.807) is 30.2 Å². The molecule has 0 saturated carbocycles. The van der Waals surface area contributed by atoms with Gasteiger partial charge in [0.2, 0.25) is 5.91 Å². The molecule has 3 amide bonds. The minimum absolute atomic E-state index is 0.0356. The second kappa shape index (κ2) is 14.2. The summed E-state index contributed by atoms with van der Waals surface area (Å²) >= 11 is 0. The first-order valence-electron chi connectivity index (χ1n) is 14.0. The zero-order chi connectivity index (χ0) is 30.2. The van der Waals surface area contributed by atoms with E-state index in [1.807, 2.05) is 38.2 Å². The lowest BCUT2D eigenvalue weighted by atomic mass is 10.0. The highest BCUT2D eigenvalue weighted by atomic mass is 19.1. The highest BCUT2D eigenvalue weighted by molar-refractivity contribution is 5.99. The van der Waals surface area contributed by atoms with Crippen molar-refractivity contribution in [3.8, 4) is 11.5 Å². The molecule has 0 aromatic heterocycles. The van der Waals surface area contributed by atoms with Crippen LogP contribution in [0.4, 0.5) is 20.6 Å². The van der Waals surface area contributed by atoms with E-state index in [0.29, 0.717) is 42.3 Å². The Kier molecular flexibility index (Phi) is 10.4. The van der Waals surface area contributed by atoms with Gasteiger partial charge in [-0.15, -0.1) is 0 Å². The van der Waals surface area contributed by atoms with Crippen LogP contribution in [0, 0.1) is 11.7 Å². The van der Waals surface area contributed by atoms with Gasteiger partial charge in [-0.25, -0.2) is 9.18 Å². The van der Waals surface area contributed by atoms with E-state index in [4.69, 9.17) is 9.47 Å². The Hall–Kier alpha value is -4.15. The van der Waals surface area contributed by atoms with E-state index < -0.39 is 11.8 Å². The number of likely N-dealkylation sites (N-methyl/N-ethyl adjacent to an activating group) is 1. The van der Waals surface area contributed by atoms with Crippen LogP contribution in [-0.4, -0.2) is 72.8 Å². The molecule has 0 radical (unpaired) electrons. The third kappa shape index (κ3) is 8.20. The average molecular weight is 579 g/mol. The number of methoxy groups -OCH3 is 1. The van der Waals surface area contributed by atoms with Crippen molar-refractivity contribution in [3.63, 3.8) is 0 Å². The number of urea groups is 1. The summed E-state index contributed by atoms with van der Waals surface area (Å²) in [5.41, 5.74) is 2.69. The SMILES string of the molecule is COc1ccc(CN(C)C[C@@H]2Oc3ccc(NC(=O)Nc4ccc(F)cc4)cc3CC(=O)N([C@H](C)CO)C[C@@H]2C)cc1. The molecule has 3 N–H and O–H groups in total.